The first kappa shape index (κ1) is 8.25. The number of fused-ring (bicyclic) bond motifs is 1. The lowest BCUT2D eigenvalue weighted by molar-refractivity contribution is 0.0690. The van der Waals surface area contributed by atoms with Crippen LogP contribution in [0.15, 0.2) is 22.8 Å². The number of aromatic nitrogens is 2. The van der Waals surface area contributed by atoms with Gasteiger partial charge in [-0.1, -0.05) is 0 Å². The Labute approximate surface area is 81.7 Å². The van der Waals surface area contributed by atoms with E-state index in [1.165, 1.54) is 0 Å². The van der Waals surface area contributed by atoms with Crippen molar-refractivity contribution in [1.29, 1.82) is 0 Å². The van der Waals surface area contributed by atoms with E-state index in [-0.39, 0.29) is 5.69 Å². The van der Waals surface area contributed by atoms with Crippen molar-refractivity contribution >= 4 is 32.9 Å². The maximum atomic E-state index is 10.7. The number of halogens is 1. The highest BCUT2D eigenvalue weighted by Crippen LogP contribution is 2.25. The van der Waals surface area contributed by atoms with Gasteiger partial charge in [-0.05, 0) is 28.1 Å². The van der Waals surface area contributed by atoms with E-state index in [9.17, 15) is 4.79 Å². The first-order valence-electron chi connectivity index (χ1n) is 3.55. The van der Waals surface area contributed by atoms with Gasteiger partial charge in [0.1, 0.15) is 11.3 Å². The van der Waals surface area contributed by atoms with Gasteiger partial charge in [-0.2, -0.15) is 0 Å². The molecule has 2 N–H and O–H groups in total. The molecule has 0 saturated heterocycles. The molecule has 0 atom stereocenters. The Morgan fingerprint density at radius 2 is 2.38 bits per heavy atom. The summed E-state index contributed by atoms with van der Waals surface area (Å²) in [6, 6.07) is 3.56. The predicted octanol–water partition coefficient (Wildman–Crippen LogP) is 2.02. The number of aromatic carboxylic acids is 1. The van der Waals surface area contributed by atoms with Crippen LogP contribution in [0.4, 0.5) is 0 Å². The van der Waals surface area contributed by atoms with Gasteiger partial charge in [0.2, 0.25) is 0 Å². The number of pyridine rings is 1. The molecule has 0 spiro atoms. The topological polar surface area (TPSA) is 66.0 Å². The first-order chi connectivity index (χ1) is 6.20. The lowest BCUT2D eigenvalue weighted by Crippen LogP contribution is -1.96. The number of rotatable bonds is 1. The van der Waals surface area contributed by atoms with Gasteiger partial charge < -0.3 is 10.1 Å². The van der Waals surface area contributed by atoms with Crippen LogP contribution in [-0.2, 0) is 0 Å². The number of aromatic amines is 1. The molecule has 0 radical (unpaired) electrons. The molecule has 2 heterocycles. The fourth-order valence-electron chi connectivity index (χ4n) is 1.14. The molecule has 0 aliphatic carbocycles. The predicted molar refractivity (Wildman–Crippen MR) is 50.8 cm³/mol. The van der Waals surface area contributed by atoms with Crippen molar-refractivity contribution in [3.63, 3.8) is 0 Å². The number of carbonyl (C=O) groups is 1. The molecule has 0 aromatic carbocycles. The average Bonchev–Trinajstić information content (AvgIpc) is 2.45. The number of H-pyrrole nitrogens is 1. The quantitative estimate of drug-likeness (QED) is 0.802. The molecule has 4 nitrogen and oxygen atoms in total. The van der Waals surface area contributed by atoms with Crippen LogP contribution in [0.2, 0.25) is 0 Å². The first-order valence-corrected chi connectivity index (χ1v) is 4.35. The summed E-state index contributed by atoms with van der Waals surface area (Å²) in [6.07, 6.45) is 1.61. The van der Waals surface area contributed by atoms with Crippen LogP contribution in [0.25, 0.3) is 11.0 Å². The second kappa shape index (κ2) is 2.85. The fourth-order valence-corrected chi connectivity index (χ4v) is 1.73. The molecule has 13 heavy (non-hydrogen) atoms. The van der Waals surface area contributed by atoms with E-state index in [1.54, 1.807) is 18.3 Å². The Hall–Kier alpha value is -1.36. The van der Waals surface area contributed by atoms with Gasteiger partial charge in [0.15, 0.2) is 0 Å². The molecule has 0 unspecified atom stereocenters. The third-order valence-corrected chi connectivity index (χ3v) is 2.54. The monoisotopic (exact) mass is 240 g/mol. The smallest absolute Gasteiger partial charge is 0.353 e. The molecule has 2 aromatic rings. The molecule has 2 rings (SSSR count). The van der Waals surface area contributed by atoms with Gasteiger partial charge in [0.05, 0.1) is 4.47 Å². The summed E-state index contributed by atoms with van der Waals surface area (Å²) in [5, 5.41) is 9.56. The van der Waals surface area contributed by atoms with E-state index in [2.05, 4.69) is 25.9 Å². The van der Waals surface area contributed by atoms with Gasteiger partial charge in [-0.3, -0.25) is 0 Å². The molecule has 0 bridgehead atoms. The van der Waals surface area contributed by atoms with Crippen LogP contribution in [-0.4, -0.2) is 21.0 Å². The zero-order chi connectivity index (χ0) is 9.42. The Morgan fingerprint density at radius 3 is 3.00 bits per heavy atom. The molecule has 0 aliphatic heterocycles. The molecule has 0 fully saturated rings. The zero-order valence-corrected chi connectivity index (χ0v) is 8.00. The number of hydrogen-bond donors (Lipinski definition) is 2. The summed E-state index contributed by atoms with van der Waals surface area (Å²) in [6.45, 7) is 0. The van der Waals surface area contributed by atoms with Crippen LogP contribution in [0.1, 0.15) is 10.5 Å². The number of nitrogens with one attached hydrogen (secondary N) is 1. The highest BCUT2D eigenvalue weighted by Gasteiger charge is 2.14. The maximum Gasteiger partial charge on any atom is 0.353 e. The van der Waals surface area contributed by atoms with Crippen molar-refractivity contribution in [2.45, 2.75) is 0 Å². The van der Waals surface area contributed by atoms with E-state index in [0.29, 0.717) is 10.1 Å². The standard InChI is InChI=1S/C8H5BrN2O2/c9-5-4-2-1-3-10-7(4)11-6(5)8(12)13/h1-3H,(H,10,11)(H,12,13). The van der Waals surface area contributed by atoms with Crippen LogP contribution in [0.5, 0.6) is 0 Å². The van der Waals surface area contributed by atoms with Gasteiger partial charge in [0, 0.05) is 11.6 Å². The zero-order valence-electron chi connectivity index (χ0n) is 6.41. The highest BCUT2D eigenvalue weighted by molar-refractivity contribution is 9.10. The fraction of sp³-hybridized carbons (Fsp3) is 0. The Morgan fingerprint density at radius 1 is 1.62 bits per heavy atom. The summed E-state index contributed by atoms with van der Waals surface area (Å²) in [5.41, 5.74) is 0.709. The van der Waals surface area contributed by atoms with Gasteiger partial charge in [0.25, 0.3) is 0 Å². The highest BCUT2D eigenvalue weighted by atomic mass is 79.9. The lowest BCUT2D eigenvalue weighted by atomic mass is 10.3. The van der Waals surface area contributed by atoms with Gasteiger partial charge >= 0.3 is 5.97 Å². The second-order valence-corrected chi connectivity index (χ2v) is 3.31. The number of carboxylic acid groups (broad SMARTS) is 1. The molecular formula is C8H5BrN2O2. The Kier molecular flexibility index (Phi) is 1.81. The van der Waals surface area contributed by atoms with Crippen LogP contribution in [0.3, 0.4) is 0 Å². The average molecular weight is 241 g/mol. The summed E-state index contributed by atoms with van der Waals surface area (Å²) >= 11 is 3.20. The largest absolute Gasteiger partial charge is 0.477 e. The SMILES string of the molecule is O=C(O)c1[nH]c2ncccc2c1Br. The molecular weight excluding hydrogens is 236 g/mol. The van der Waals surface area contributed by atoms with E-state index < -0.39 is 5.97 Å². The minimum Gasteiger partial charge on any atom is -0.477 e. The van der Waals surface area contributed by atoms with E-state index in [0.717, 1.165) is 5.39 Å². The minimum absolute atomic E-state index is 0.133. The Balaban J connectivity index is 2.81. The van der Waals surface area contributed by atoms with Crippen LogP contribution in [0, 0.1) is 0 Å². The van der Waals surface area contributed by atoms with Crippen molar-refractivity contribution < 1.29 is 9.90 Å². The van der Waals surface area contributed by atoms with E-state index in [4.69, 9.17) is 5.11 Å². The molecule has 0 aliphatic rings. The molecule has 5 heteroatoms. The van der Waals surface area contributed by atoms with Crippen molar-refractivity contribution in [3.05, 3.63) is 28.5 Å². The van der Waals surface area contributed by atoms with Crippen molar-refractivity contribution in [2.24, 2.45) is 0 Å². The third-order valence-electron chi connectivity index (χ3n) is 1.72. The second-order valence-electron chi connectivity index (χ2n) is 2.52. The van der Waals surface area contributed by atoms with Crippen molar-refractivity contribution in [2.75, 3.05) is 0 Å². The molecule has 0 saturated carbocycles. The van der Waals surface area contributed by atoms with Crippen molar-refractivity contribution in [1.82, 2.24) is 9.97 Å². The minimum atomic E-state index is -0.995. The summed E-state index contributed by atoms with van der Waals surface area (Å²) < 4.78 is 0.545. The summed E-state index contributed by atoms with van der Waals surface area (Å²) in [7, 11) is 0. The van der Waals surface area contributed by atoms with E-state index >= 15 is 0 Å². The summed E-state index contributed by atoms with van der Waals surface area (Å²) in [5.74, 6) is -0.995. The molecule has 66 valence electrons. The van der Waals surface area contributed by atoms with Crippen molar-refractivity contribution in [3.8, 4) is 0 Å². The Bertz CT molecular complexity index is 478. The molecule has 2 aromatic heterocycles. The van der Waals surface area contributed by atoms with Gasteiger partial charge in [-0.25, -0.2) is 9.78 Å². The third kappa shape index (κ3) is 1.21. The number of nitrogens with zero attached hydrogens (tertiary/aromatic N) is 1. The normalized spacial score (nSPS) is 10.5. The van der Waals surface area contributed by atoms with Crippen LogP contribution < -0.4 is 0 Å². The van der Waals surface area contributed by atoms with Crippen LogP contribution >= 0.6 is 15.9 Å². The number of carboxylic acids is 1. The summed E-state index contributed by atoms with van der Waals surface area (Å²) in [4.78, 5) is 17.4. The van der Waals surface area contributed by atoms with E-state index in [1.807, 2.05) is 0 Å². The van der Waals surface area contributed by atoms with Gasteiger partial charge in [-0.15, -0.1) is 0 Å². The lowest BCUT2D eigenvalue weighted by Gasteiger charge is -1.87. The molecule has 0 amide bonds. The number of hydrogen-bond acceptors (Lipinski definition) is 2. The maximum absolute atomic E-state index is 10.7.